The second kappa shape index (κ2) is 3.06. The minimum atomic E-state index is -1.00. The zero-order valence-corrected chi connectivity index (χ0v) is 6.10. The van der Waals surface area contributed by atoms with Gasteiger partial charge in [-0.2, -0.15) is 0 Å². The number of hydrogen-bond acceptors (Lipinski definition) is 3. The highest BCUT2D eigenvalue weighted by atomic mass is 16.4. The van der Waals surface area contributed by atoms with Crippen LogP contribution < -0.4 is 5.73 Å². The van der Waals surface area contributed by atoms with Crippen LogP contribution in [0.1, 0.15) is 6.42 Å². The quantitative estimate of drug-likeness (QED) is 0.462. The van der Waals surface area contributed by atoms with E-state index in [1.165, 1.54) is 4.90 Å². The molecule has 0 bridgehead atoms. The molecule has 0 aromatic rings. The van der Waals surface area contributed by atoms with Crippen molar-refractivity contribution in [2.75, 3.05) is 13.2 Å². The predicted molar refractivity (Wildman–Crippen MR) is 38.2 cm³/mol. The lowest BCUT2D eigenvalue weighted by atomic mass is 10.2. The Labute approximate surface area is 64.4 Å². The van der Waals surface area contributed by atoms with Gasteiger partial charge in [0, 0.05) is 12.6 Å². The van der Waals surface area contributed by atoms with E-state index in [2.05, 4.69) is 0 Å². The van der Waals surface area contributed by atoms with Crippen molar-refractivity contribution in [3.05, 3.63) is 0 Å². The maximum Gasteiger partial charge on any atom is 0.407 e. The third kappa shape index (κ3) is 1.61. The third-order valence-electron chi connectivity index (χ3n) is 1.90. The summed E-state index contributed by atoms with van der Waals surface area (Å²) >= 11 is 0. The van der Waals surface area contributed by atoms with Crippen molar-refractivity contribution in [2.45, 2.75) is 18.5 Å². The number of carboxylic acid groups (broad SMARTS) is 1. The fourth-order valence-corrected chi connectivity index (χ4v) is 1.36. The monoisotopic (exact) mass is 160 g/mol. The summed E-state index contributed by atoms with van der Waals surface area (Å²) < 4.78 is 0. The lowest BCUT2D eigenvalue weighted by molar-refractivity contribution is 0.118. The van der Waals surface area contributed by atoms with Crippen LogP contribution in [0.5, 0.6) is 0 Å². The van der Waals surface area contributed by atoms with Crippen LogP contribution >= 0.6 is 0 Å². The number of likely N-dealkylation sites (tertiary alicyclic amines) is 1. The minimum absolute atomic E-state index is 0.122. The maximum absolute atomic E-state index is 10.5. The Balaban J connectivity index is 2.57. The van der Waals surface area contributed by atoms with Gasteiger partial charge in [0.25, 0.3) is 0 Å². The van der Waals surface area contributed by atoms with Crippen molar-refractivity contribution in [1.82, 2.24) is 4.90 Å². The molecule has 5 heteroatoms. The van der Waals surface area contributed by atoms with Gasteiger partial charge in [-0.15, -0.1) is 0 Å². The summed E-state index contributed by atoms with van der Waals surface area (Å²) in [5, 5.41) is 17.3. The Morgan fingerprint density at radius 2 is 2.36 bits per heavy atom. The number of carbonyl (C=O) groups is 1. The molecule has 1 rings (SSSR count). The van der Waals surface area contributed by atoms with E-state index in [-0.39, 0.29) is 18.7 Å². The normalized spacial score (nSPS) is 30.9. The minimum Gasteiger partial charge on any atom is -0.465 e. The Bertz CT molecular complexity index is 162. The molecule has 0 aromatic heterocycles. The molecule has 1 heterocycles. The van der Waals surface area contributed by atoms with E-state index in [1.54, 1.807) is 0 Å². The predicted octanol–water partition coefficient (Wildman–Crippen LogP) is -0.942. The number of nitrogens with zero attached hydrogens (tertiary/aromatic N) is 1. The molecule has 0 aliphatic carbocycles. The van der Waals surface area contributed by atoms with Gasteiger partial charge in [0.1, 0.15) is 0 Å². The number of rotatable bonds is 1. The van der Waals surface area contributed by atoms with E-state index >= 15 is 0 Å². The summed E-state index contributed by atoms with van der Waals surface area (Å²) in [5.74, 6) is 0. The fourth-order valence-electron chi connectivity index (χ4n) is 1.36. The highest BCUT2D eigenvalue weighted by molar-refractivity contribution is 5.66. The number of hydrogen-bond donors (Lipinski definition) is 3. The van der Waals surface area contributed by atoms with Gasteiger partial charge in [-0.05, 0) is 6.42 Å². The highest BCUT2D eigenvalue weighted by Gasteiger charge is 2.32. The van der Waals surface area contributed by atoms with Crippen molar-refractivity contribution in [2.24, 2.45) is 5.73 Å². The molecular formula is C6H12N2O3. The average molecular weight is 160 g/mol. The van der Waals surface area contributed by atoms with Crippen LogP contribution in [0.3, 0.4) is 0 Å². The average Bonchev–Trinajstić information content (AvgIpc) is 2.30. The van der Waals surface area contributed by atoms with Crippen LogP contribution in [0, 0.1) is 0 Å². The summed E-state index contributed by atoms with van der Waals surface area (Å²) in [7, 11) is 0. The van der Waals surface area contributed by atoms with E-state index < -0.39 is 6.09 Å². The van der Waals surface area contributed by atoms with E-state index in [0.29, 0.717) is 13.0 Å². The smallest absolute Gasteiger partial charge is 0.407 e. The SMILES string of the molecule is N[C@H]1C[C@H](CO)N(C(=O)O)C1. The van der Waals surface area contributed by atoms with E-state index in [0.717, 1.165) is 0 Å². The lowest BCUT2D eigenvalue weighted by Crippen LogP contribution is -2.37. The molecule has 1 aliphatic heterocycles. The first-order valence-electron chi connectivity index (χ1n) is 3.51. The number of aliphatic hydroxyl groups excluding tert-OH is 1. The topological polar surface area (TPSA) is 86.8 Å². The highest BCUT2D eigenvalue weighted by Crippen LogP contribution is 2.15. The molecule has 11 heavy (non-hydrogen) atoms. The second-order valence-corrected chi connectivity index (χ2v) is 2.77. The summed E-state index contributed by atoms with van der Waals surface area (Å²) in [5.41, 5.74) is 5.51. The number of aliphatic hydroxyl groups is 1. The fraction of sp³-hybridized carbons (Fsp3) is 0.833. The molecule has 1 amide bonds. The van der Waals surface area contributed by atoms with Gasteiger partial charge in [0.15, 0.2) is 0 Å². The molecule has 1 saturated heterocycles. The van der Waals surface area contributed by atoms with E-state index in [9.17, 15) is 4.79 Å². The van der Waals surface area contributed by atoms with Crippen molar-refractivity contribution < 1.29 is 15.0 Å². The number of amides is 1. The van der Waals surface area contributed by atoms with Crippen molar-refractivity contribution in [3.63, 3.8) is 0 Å². The molecule has 0 unspecified atom stereocenters. The Hall–Kier alpha value is -0.810. The van der Waals surface area contributed by atoms with Crippen LogP contribution in [0.25, 0.3) is 0 Å². The van der Waals surface area contributed by atoms with Gasteiger partial charge in [-0.3, -0.25) is 0 Å². The summed E-state index contributed by atoms with van der Waals surface area (Å²) in [6, 6.07) is -0.425. The molecule has 5 nitrogen and oxygen atoms in total. The van der Waals surface area contributed by atoms with Crippen LogP contribution in [-0.4, -0.2) is 46.4 Å². The summed E-state index contributed by atoms with van der Waals surface area (Å²) in [6.07, 6.45) is -0.444. The Morgan fingerprint density at radius 3 is 2.73 bits per heavy atom. The van der Waals surface area contributed by atoms with Crippen LogP contribution in [0.4, 0.5) is 4.79 Å². The molecule has 0 saturated carbocycles. The summed E-state index contributed by atoms with van der Waals surface area (Å²) in [4.78, 5) is 11.7. The Morgan fingerprint density at radius 1 is 1.73 bits per heavy atom. The first-order chi connectivity index (χ1) is 5.15. The van der Waals surface area contributed by atoms with Crippen LogP contribution in [-0.2, 0) is 0 Å². The van der Waals surface area contributed by atoms with Gasteiger partial charge < -0.3 is 20.8 Å². The van der Waals surface area contributed by atoms with Gasteiger partial charge in [0.2, 0.25) is 0 Å². The molecule has 0 aromatic carbocycles. The zero-order valence-electron chi connectivity index (χ0n) is 6.10. The molecule has 1 aliphatic rings. The Kier molecular flexibility index (Phi) is 2.31. The molecule has 2 atom stereocenters. The molecule has 4 N–H and O–H groups in total. The van der Waals surface area contributed by atoms with Gasteiger partial charge >= 0.3 is 6.09 Å². The van der Waals surface area contributed by atoms with Crippen molar-refractivity contribution in [1.29, 1.82) is 0 Å². The van der Waals surface area contributed by atoms with Crippen LogP contribution in [0.15, 0.2) is 0 Å². The van der Waals surface area contributed by atoms with E-state index in [4.69, 9.17) is 15.9 Å². The first kappa shape index (κ1) is 8.29. The first-order valence-corrected chi connectivity index (χ1v) is 3.51. The van der Waals surface area contributed by atoms with Crippen molar-refractivity contribution >= 4 is 6.09 Å². The molecule has 0 radical (unpaired) electrons. The molecule has 64 valence electrons. The summed E-state index contributed by atoms with van der Waals surface area (Å²) in [6.45, 7) is 0.195. The van der Waals surface area contributed by atoms with Gasteiger partial charge in [0.05, 0.1) is 12.6 Å². The van der Waals surface area contributed by atoms with Crippen LogP contribution in [0.2, 0.25) is 0 Å². The second-order valence-electron chi connectivity index (χ2n) is 2.77. The van der Waals surface area contributed by atoms with Crippen molar-refractivity contribution in [3.8, 4) is 0 Å². The maximum atomic E-state index is 10.5. The number of nitrogens with two attached hydrogens (primary N) is 1. The van der Waals surface area contributed by atoms with Gasteiger partial charge in [-0.25, -0.2) is 4.79 Å². The lowest BCUT2D eigenvalue weighted by Gasteiger charge is -2.18. The largest absolute Gasteiger partial charge is 0.465 e. The molecular weight excluding hydrogens is 148 g/mol. The zero-order chi connectivity index (χ0) is 8.43. The van der Waals surface area contributed by atoms with E-state index in [1.807, 2.05) is 0 Å². The third-order valence-corrected chi connectivity index (χ3v) is 1.90. The standard InChI is InChI=1S/C6H12N2O3/c7-4-1-5(3-9)8(2-4)6(10)11/h4-5,9H,1-3,7H2,(H,10,11)/t4-,5+/m0/s1. The molecule has 1 fully saturated rings. The molecule has 0 spiro atoms. The van der Waals surface area contributed by atoms with Gasteiger partial charge in [-0.1, -0.05) is 0 Å².